The number of methoxy groups -OCH3 is 1. The largest absolute Gasteiger partial charge is 0.469 e. The van der Waals surface area contributed by atoms with Crippen LogP contribution in [-0.2, 0) is 9.53 Å². The average Bonchev–Trinajstić information content (AvgIpc) is 2.33. The molecule has 0 saturated carbocycles. The highest BCUT2D eigenvalue weighted by Crippen LogP contribution is 2.29. The van der Waals surface area contributed by atoms with E-state index in [0.717, 1.165) is 24.8 Å². The quantitative estimate of drug-likeness (QED) is 0.742. The number of unbranched alkanes of at least 4 members (excludes halogenated alkanes) is 1. The topological polar surface area (TPSA) is 26.3 Å². The molecule has 0 radical (unpaired) electrons. The highest BCUT2D eigenvalue weighted by Gasteiger charge is 2.21. The predicted octanol–water partition coefficient (Wildman–Crippen LogP) is 4.44. The van der Waals surface area contributed by atoms with Crippen LogP contribution in [0.1, 0.15) is 37.7 Å². The first kappa shape index (κ1) is 14.3. The zero-order valence-electron chi connectivity index (χ0n) is 10.0. The van der Waals surface area contributed by atoms with Crippen molar-refractivity contribution >= 4 is 29.2 Å². The van der Waals surface area contributed by atoms with Crippen LogP contribution >= 0.6 is 23.2 Å². The Kier molecular flexibility index (Phi) is 5.79. The third-order valence-electron chi connectivity index (χ3n) is 2.68. The lowest BCUT2D eigenvalue weighted by Crippen LogP contribution is -2.14. The molecule has 4 heteroatoms. The van der Waals surface area contributed by atoms with Gasteiger partial charge in [-0.2, -0.15) is 0 Å². The lowest BCUT2D eigenvalue weighted by atomic mass is 9.94. The number of carbonyl (C=O) groups is 1. The van der Waals surface area contributed by atoms with Gasteiger partial charge in [-0.25, -0.2) is 0 Å². The van der Waals surface area contributed by atoms with Gasteiger partial charge in [0, 0.05) is 0 Å². The van der Waals surface area contributed by atoms with Crippen molar-refractivity contribution in [2.75, 3.05) is 7.11 Å². The summed E-state index contributed by atoms with van der Waals surface area (Å²) in [6.07, 6.45) is 2.77. The highest BCUT2D eigenvalue weighted by atomic mass is 35.5. The van der Waals surface area contributed by atoms with E-state index in [1.807, 2.05) is 6.07 Å². The van der Waals surface area contributed by atoms with E-state index in [4.69, 9.17) is 27.9 Å². The van der Waals surface area contributed by atoms with Gasteiger partial charge >= 0.3 is 5.97 Å². The summed E-state index contributed by atoms with van der Waals surface area (Å²) < 4.78 is 4.82. The summed E-state index contributed by atoms with van der Waals surface area (Å²) in [5.74, 6) is -0.480. The van der Waals surface area contributed by atoms with E-state index in [0.29, 0.717) is 10.0 Å². The Labute approximate surface area is 112 Å². The molecule has 1 rings (SSSR count). The van der Waals surface area contributed by atoms with Crippen molar-refractivity contribution in [3.63, 3.8) is 0 Å². The average molecular weight is 275 g/mol. The van der Waals surface area contributed by atoms with E-state index in [1.54, 1.807) is 12.1 Å². The maximum atomic E-state index is 11.7. The first-order valence-corrected chi connectivity index (χ1v) is 6.38. The number of carbonyl (C=O) groups excluding carboxylic acids is 1. The van der Waals surface area contributed by atoms with Crippen molar-refractivity contribution in [1.82, 2.24) is 0 Å². The summed E-state index contributed by atoms with van der Waals surface area (Å²) in [7, 11) is 1.40. The van der Waals surface area contributed by atoms with Gasteiger partial charge in [0.2, 0.25) is 0 Å². The highest BCUT2D eigenvalue weighted by molar-refractivity contribution is 6.42. The maximum Gasteiger partial charge on any atom is 0.313 e. The number of rotatable bonds is 5. The third-order valence-corrected chi connectivity index (χ3v) is 3.42. The monoisotopic (exact) mass is 274 g/mol. The molecule has 0 aromatic heterocycles. The number of hydrogen-bond donors (Lipinski definition) is 0. The normalized spacial score (nSPS) is 12.2. The SMILES string of the molecule is CCCCC(C(=O)OC)c1ccc(Cl)c(Cl)c1. The molecule has 0 heterocycles. The Hall–Kier alpha value is -0.730. The van der Waals surface area contributed by atoms with Gasteiger partial charge in [0.25, 0.3) is 0 Å². The minimum atomic E-state index is -0.255. The summed E-state index contributed by atoms with van der Waals surface area (Å²) in [6.45, 7) is 2.09. The molecule has 0 N–H and O–H groups in total. The summed E-state index contributed by atoms with van der Waals surface area (Å²) in [6, 6.07) is 5.27. The van der Waals surface area contributed by atoms with Gasteiger partial charge in [0.05, 0.1) is 23.1 Å². The van der Waals surface area contributed by atoms with Crippen LogP contribution in [0.2, 0.25) is 10.0 Å². The lowest BCUT2D eigenvalue weighted by molar-refractivity contribution is -0.142. The van der Waals surface area contributed by atoms with Crippen molar-refractivity contribution in [3.05, 3.63) is 33.8 Å². The van der Waals surface area contributed by atoms with Crippen LogP contribution in [0.5, 0.6) is 0 Å². The fourth-order valence-corrected chi connectivity index (χ4v) is 2.01. The molecular formula is C13H16Cl2O2. The van der Waals surface area contributed by atoms with Crippen molar-refractivity contribution in [1.29, 1.82) is 0 Å². The molecule has 0 bridgehead atoms. The Morgan fingerprint density at radius 2 is 2.06 bits per heavy atom. The van der Waals surface area contributed by atoms with E-state index < -0.39 is 0 Å². The van der Waals surface area contributed by atoms with Crippen LogP contribution in [0.15, 0.2) is 18.2 Å². The molecular weight excluding hydrogens is 259 g/mol. The van der Waals surface area contributed by atoms with Crippen LogP contribution in [0.25, 0.3) is 0 Å². The number of halogens is 2. The Morgan fingerprint density at radius 1 is 1.35 bits per heavy atom. The molecule has 0 aliphatic rings. The fourth-order valence-electron chi connectivity index (χ4n) is 1.70. The first-order chi connectivity index (χ1) is 8.10. The van der Waals surface area contributed by atoms with Gasteiger partial charge in [-0.05, 0) is 24.1 Å². The van der Waals surface area contributed by atoms with Crippen molar-refractivity contribution in [3.8, 4) is 0 Å². The van der Waals surface area contributed by atoms with Gasteiger partial charge in [-0.3, -0.25) is 4.79 Å². The van der Waals surface area contributed by atoms with Gasteiger partial charge in [-0.15, -0.1) is 0 Å². The summed E-state index contributed by atoms with van der Waals surface area (Å²) >= 11 is 11.8. The minimum absolute atomic E-state index is 0.225. The molecule has 1 aromatic rings. The predicted molar refractivity (Wildman–Crippen MR) is 70.7 cm³/mol. The van der Waals surface area contributed by atoms with Crippen molar-refractivity contribution in [2.45, 2.75) is 32.1 Å². The minimum Gasteiger partial charge on any atom is -0.469 e. The summed E-state index contributed by atoms with van der Waals surface area (Å²) in [5, 5.41) is 0.962. The Balaban J connectivity index is 2.95. The molecule has 0 fully saturated rings. The Bertz CT molecular complexity index is 391. The second-order valence-electron chi connectivity index (χ2n) is 3.89. The van der Waals surface area contributed by atoms with Gasteiger partial charge in [0.15, 0.2) is 0 Å². The lowest BCUT2D eigenvalue weighted by Gasteiger charge is -2.15. The number of benzene rings is 1. The van der Waals surface area contributed by atoms with E-state index >= 15 is 0 Å². The van der Waals surface area contributed by atoms with Crippen LogP contribution < -0.4 is 0 Å². The summed E-state index contributed by atoms with van der Waals surface area (Å²) in [5.41, 5.74) is 0.861. The third kappa shape index (κ3) is 3.90. The molecule has 1 aromatic carbocycles. The Morgan fingerprint density at radius 3 is 2.59 bits per heavy atom. The molecule has 0 aliphatic carbocycles. The van der Waals surface area contributed by atoms with Gasteiger partial charge in [0.1, 0.15) is 0 Å². The molecule has 0 aliphatic heterocycles. The van der Waals surface area contributed by atoms with Gasteiger partial charge < -0.3 is 4.74 Å². The second-order valence-corrected chi connectivity index (χ2v) is 4.71. The zero-order valence-corrected chi connectivity index (χ0v) is 11.5. The maximum absolute atomic E-state index is 11.7. The number of esters is 1. The van der Waals surface area contributed by atoms with Crippen LogP contribution in [0.4, 0.5) is 0 Å². The molecule has 1 atom stereocenters. The molecule has 0 amide bonds. The molecule has 0 saturated heterocycles. The van der Waals surface area contributed by atoms with E-state index in [1.165, 1.54) is 7.11 Å². The number of ether oxygens (including phenoxy) is 1. The molecule has 2 nitrogen and oxygen atoms in total. The first-order valence-electron chi connectivity index (χ1n) is 5.63. The molecule has 17 heavy (non-hydrogen) atoms. The van der Waals surface area contributed by atoms with Crippen LogP contribution in [-0.4, -0.2) is 13.1 Å². The van der Waals surface area contributed by atoms with E-state index in [2.05, 4.69) is 6.92 Å². The fraction of sp³-hybridized carbons (Fsp3) is 0.462. The van der Waals surface area contributed by atoms with Crippen molar-refractivity contribution < 1.29 is 9.53 Å². The zero-order chi connectivity index (χ0) is 12.8. The van der Waals surface area contributed by atoms with Gasteiger partial charge in [-0.1, -0.05) is 49.0 Å². The number of hydrogen-bond acceptors (Lipinski definition) is 2. The van der Waals surface area contributed by atoms with Crippen LogP contribution in [0, 0.1) is 0 Å². The molecule has 94 valence electrons. The van der Waals surface area contributed by atoms with Crippen LogP contribution in [0.3, 0.4) is 0 Å². The molecule has 1 unspecified atom stereocenters. The van der Waals surface area contributed by atoms with E-state index in [9.17, 15) is 4.79 Å². The molecule has 0 spiro atoms. The second kappa shape index (κ2) is 6.87. The van der Waals surface area contributed by atoms with E-state index in [-0.39, 0.29) is 11.9 Å². The summed E-state index contributed by atoms with van der Waals surface area (Å²) in [4.78, 5) is 11.7. The van der Waals surface area contributed by atoms with Crippen molar-refractivity contribution in [2.24, 2.45) is 0 Å². The standard InChI is InChI=1S/C13H16Cl2O2/c1-3-4-5-10(13(16)17-2)9-6-7-11(14)12(15)8-9/h6-8,10H,3-5H2,1-2H3. The smallest absolute Gasteiger partial charge is 0.313 e.